The Kier molecular flexibility index (Phi) is 4.53. The molecule has 0 aliphatic carbocycles. The van der Waals surface area contributed by atoms with E-state index in [2.05, 4.69) is 18.9 Å². The lowest BCUT2D eigenvalue weighted by molar-refractivity contribution is -0.119. The van der Waals surface area contributed by atoms with Crippen molar-refractivity contribution in [3.05, 3.63) is 18.0 Å². The van der Waals surface area contributed by atoms with Crippen LogP contribution in [0.5, 0.6) is 0 Å². The summed E-state index contributed by atoms with van der Waals surface area (Å²) in [4.78, 5) is 11.5. The zero-order valence-corrected chi connectivity index (χ0v) is 9.86. The molecule has 0 saturated heterocycles. The van der Waals surface area contributed by atoms with Gasteiger partial charge in [-0.25, -0.2) is 0 Å². The first-order chi connectivity index (χ1) is 7.09. The highest BCUT2D eigenvalue weighted by atomic mass is 16.1. The maximum Gasteiger partial charge on any atom is 0.133 e. The maximum atomic E-state index is 11.5. The molecule has 84 valence electrons. The van der Waals surface area contributed by atoms with E-state index in [4.69, 9.17) is 0 Å². The van der Waals surface area contributed by atoms with Gasteiger partial charge >= 0.3 is 0 Å². The smallest absolute Gasteiger partial charge is 0.133 e. The summed E-state index contributed by atoms with van der Waals surface area (Å²) in [5.74, 6) is 0.982. The number of hydrogen-bond donors (Lipinski definition) is 0. The van der Waals surface area contributed by atoms with Gasteiger partial charge in [-0.05, 0) is 24.8 Å². The molecule has 1 aromatic rings. The van der Waals surface area contributed by atoms with Gasteiger partial charge < -0.3 is 0 Å². The monoisotopic (exact) mass is 208 g/mol. The number of nitrogens with zero attached hydrogens (tertiary/aromatic N) is 2. The number of aromatic nitrogens is 2. The van der Waals surface area contributed by atoms with Crippen molar-refractivity contribution in [2.75, 3.05) is 0 Å². The Labute approximate surface area is 91.5 Å². The number of carbonyl (C=O) groups is 1. The second kappa shape index (κ2) is 5.69. The first-order valence-corrected chi connectivity index (χ1v) is 5.58. The van der Waals surface area contributed by atoms with Gasteiger partial charge in [0.05, 0.1) is 0 Å². The van der Waals surface area contributed by atoms with E-state index in [0.717, 1.165) is 25.0 Å². The fraction of sp³-hybridized carbons (Fsp3) is 0.667. The minimum Gasteiger partial charge on any atom is -0.300 e. The molecular formula is C12H20N2O. The second-order valence-corrected chi connectivity index (χ2v) is 4.42. The van der Waals surface area contributed by atoms with Gasteiger partial charge in [0.15, 0.2) is 0 Å². The highest BCUT2D eigenvalue weighted by molar-refractivity contribution is 5.78. The molecule has 3 nitrogen and oxygen atoms in total. The van der Waals surface area contributed by atoms with Crippen molar-refractivity contribution in [2.24, 2.45) is 13.0 Å². The van der Waals surface area contributed by atoms with Crippen molar-refractivity contribution < 1.29 is 4.79 Å². The quantitative estimate of drug-likeness (QED) is 0.719. The summed E-state index contributed by atoms with van der Waals surface area (Å²) in [5.41, 5.74) is 1.13. The number of ketones is 1. The molecule has 3 heteroatoms. The van der Waals surface area contributed by atoms with E-state index < -0.39 is 0 Å². The fourth-order valence-corrected chi connectivity index (χ4v) is 1.49. The molecule has 15 heavy (non-hydrogen) atoms. The van der Waals surface area contributed by atoms with Crippen molar-refractivity contribution in [2.45, 2.75) is 39.5 Å². The van der Waals surface area contributed by atoms with Crippen LogP contribution >= 0.6 is 0 Å². The van der Waals surface area contributed by atoms with E-state index in [9.17, 15) is 4.79 Å². The van der Waals surface area contributed by atoms with Crippen molar-refractivity contribution in [3.63, 3.8) is 0 Å². The Morgan fingerprint density at radius 1 is 1.47 bits per heavy atom. The fourth-order valence-electron chi connectivity index (χ4n) is 1.49. The first kappa shape index (κ1) is 12.0. The minimum absolute atomic E-state index is 0.366. The van der Waals surface area contributed by atoms with Crippen LogP contribution in [0.2, 0.25) is 0 Å². The standard InChI is InChI=1S/C12H20N2O/c1-10(2)4-6-12(15)7-5-11-8-9-13-14(11)3/h8-10H,4-7H2,1-3H3. The van der Waals surface area contributed by atoms with Crippen LogP contribution in [0.3, 0.4) is 0 Å². The highest BCUT2D eigenvalue weighted by Gasteiger charge is 2.06. The zero-order chi connectivity index (χ0) is 11.3. The molecule has 0 aromatic carbocycles. The minimum atomic E-state index is 0.366. The zero-order valence-electron chi connectivity index (χ0n) is 9.86. The molecule has 1 rings (SSSR count). The second-order valence-electron chi connectivity index (χ2n) is 4.42. The van der Waals surface area contributed by atoms with Gasteiger partial charge in [0.25, 0.3) is 0 Å². The van der Waals surface area contributed by atoms with Crippen LogP contribution in [0.4, 0.5) is 0 Å². The van der Waals surface area contributed by atoms with Gasteiger partial charge in [-0.3, -0.25) is 9.48 Å². The Bertz CT molecular complexity index is 315. The summed E-state index contributed by atoms with van der Waals surface area (Å²) in [6, 6.07) is 1.97. The van der Waals surface area contributed by atoms with Gasteiger partial charge in [0.1, 0.15) is 5.78 Å². The highest BCUT2D eigenvalue weighted by Crippen LogP contribution is 2.08. The third-order valence-electron chi connectivity index (χ3n) is 2.58. The number of aryl methyl sites for hydroxylation is 2. The molecule has 1 aromatic heterocycles. The summed E-state index contributed by atoms with van der Waals surface area (Å²) in [7, 11) is 1.91. The van der Waals surface area contributed by atoms with Crippen molar-refractivity contribution >= 4 is 5.78 Å². The Hall–Kier alpha value is -1.12. The average molecular weight is 208 g/mol. The maximum absolute atomic E-state index is 11.5. The molecule has 0 unspecified atom stereocenters. The molecule has 0 aliphatic heterocycles. The van der Waals surface area contributed by atoms with Crippen LogP contribution in [0.25, 0.3) is 0 Å². The Morgan fingerprint density at radius 3 is 2.73 bits per heavy atom. The van der Waals surface area contributed by atoms with Crippen LogP contribution in [0.15, 0.2) is 12.3 Å². The summed E-state index contributed by atoms with van der Waals surface area (Å²) >= 11 is 0. The topological polar surface area (TPSA) is 34.9 Å². The molecule has 0 spiro atoms. The molecule has 0 amide bonds. The van der Waals surface area contributed by atoms with Crippen LogP contribution in [0, 0.1) is 5.92 Å². The normalized spacial score (nSPS) is 10.9. The van der Waals surface area contributed by atoms with Gasteiger partial charge in [-0.2, -0.15) is 5.10 Å². The number of rotatable bonds is 6. The molecule has 0 radical (unpaired) electrons. The predicted octanol–water partition coefficient (Wildman–Crippen LogP) is 2.36. The molecule has 1 heterocycles. The SMILES string of the molecule is CC(C)CCC(=O)CCc1ccnn1C. The summed E-state index contributed by atoms with van der Waals surface area (Å²) in [5, 5.41) is 4.07. The lowest BCUT2D eigenvalue weighted by atomic mass is 10.0. The van der Waals surface area contributed by atoms with E-state index >= 15 is 0 Å². The molecule has 0 bridgehead atoms. The number of Topliss-reactive ketones (excluding diaryl/α,β-unsaturated/α-hetero) is 1. The van der Waals surface area contributed by atoms with Gasteiger partial charge in [0, 0.05) is 31.8 Å². The van der Waals surface area contributed by atoms with Crippen LogP contribution in [-0.2, 0) is 18.3 Å². The van der Waals surface area contributed by atoms with Gasteiger partial charge in [-0.15, -0.1) is 0 Å². The van der Waals surface area contributed by atoms with E-state index in [-0.39, 0.29) is 0 Å². The van der Waals surface area contributed by atoms with E-state index in [0.29, 0.717) is 18.1 Å². The summed E-state index contributed by atoms with van der Waals surface area (Å²) in [6.45, 7) is 4.29. The molecular weight excluding hydrogens is 188 g/mol. The molecule has 0 saturated carbocycles. The first-order valence-electron chi connectivity index (χ1n) is 5.58. The predicted molar refractivity (Wildman–Crippen MR) is 60.6 cm³/mol. The van der Waals surface area contributed by atoms with Crippen LogP contribution in [0.1, 0.15) is 38.8 Å². The average Bonchev–Trinajstić information content (AvgIpc) is 2.58. The third kappa shape index (κ3) is 4.28. The van der Waals surface area contributed by atoms with Gasteiger partial charge in [-0.1, -0.05) is 13.8 Å². The van der Waals surface area contributed by atoms with E-state index in [1.165, 1.54) is 0 Å². The van der Waals surface area contributed by atoms with Crippen molar-refractivity contribution in [1.29, 1.82) is 0 Å². The lowest BCUT2D eigenvalue weighted by Crippen LogP contribution is -2.05. The molecule has 0 atom stereocenters. The van der Waals surface area contributed by atoms with E-state index in [1.54, 1.807) is 6.20 Å². The van der Waals surface area contributed by atoms with Gasteiger partial charge in [0.2, 0.25) is 0 Å². The largest absolute Gasteiger partial charge is 0.300 e. The van der Waals surface area contributed by atoms with Crippen LogP contribution in [-0.4, -0.2) is 15.6 Å². The molecule has 0 N–H and O–H groups in total. The van der Waals surface area contributed by atoms with Crippen molar-refractivity contribution in [3.8, 4) is 0 Å². The Morgan fingerprint density at radius 2 is 2.20 bits per heavy atom. The Balaban J connectivity index is 2.26. The summed E-state index contributed by atoms with van der Waals surface area (Å²) < 4.78 is 1.83. The third-order valence-corrected chi connectivity index (χ3v) is 2.58. The van der Waals surface area contributed by atoms with Crippen molar-refractivity contribution in [1.82, 2.24) is 9.78 Å². The lowest BCUT2D eigenvalue weighted by Gasteiger charge is -2.04. The number of hydrogen-bond acceptors (Lipinski definition) is 2. The molecule has 0 fully saturated rings. The number of carbonyl (C=O) groups excluding carboxylic acids is 1. The molecule has 0 aliphatic rings. The van der Waals surface area contributed by atoms with Crippen LogP contribution < -0.4 is 0 Å². The van der Waals surface area contributed by atoms with E-state index in [1.807, 2.05) is 17.8 Å². The summed E-state index contributed by atoms with van der Waals surface area (Å²) in [6.07, 6.45) is 4.95.